The van der Waals surface area contributed by atoms with Crippen LogP contribution in [-0.2, 0) is 48.1 Å². The molecule has 8 nitrogen and oxygen atoms in total. The van der Waals surface area contributed by atoms with Crippen molar-refractivity contribution in [2.45, 2.75) is 79.1 Å². The third-order valence-electron chi connectivity index (χ3n) is 9.11. The average Bonchev–Trinajstić information content (AvgIpc) is 3.59. The molecular weight excluding hydrogens is 553 g/mol. The first-order valence-corrected chi connectivity index (χ1v) is 14.5. The van der Waals surface area contributed by atoms with Crippen molar-refractivity contribution < 1.29 is 19.8 Å². The van der Waals surface area contributed by atoms with Gasteiger partial charge in [0, 0.05) is 84.1 Å². The predicted octanol–water partition coefficient (Wildman–Crippen LogP) is 5.31. The molecule has 0 saturated heterocycles. The Bertz CT molecular complexity index is 1730. The summed E-state index contributed by atoms with van der Waals surface area (Å²) in [5, 5.41) is 19.0. The molecule has 0 aliphatic carbocycles. The fourth-order valence-electron chi connectivity index (χ4n) is 6.67. The SMILES string of the molecule is C=Cc1c2[nH]c(c1C)Cc1[nH]c(c(CCC(=O)O)c1C)Cc1[nH]c(c(C)c1CCC(=O)O)Cc1[nH]c(c(C)c1C=C)C2.[MgH2]. The van der Waals surface area contributed by atoms with Crippen LogP contribution in [0.2, 0.25) is 0 Å². The van der Waals surface area contributed by atoms with E-state index < -0.39 is 11.9 Å². The normalized spacial score (nSPS) is 12.6. The number of hydrogen-bond donors (Lipinski definition) is 6. The maximum Gasteiger partial charge on any atom is 0.316 e. The van der Waals surface area contributed by atoms with Gasteiger partial charge in [0.05, 0.1) is 0 Å². The summed E-state index contributed by atoms with van der Waals surface area (Å²) in [5.74, 6) is -1.67. The van der Waals surface area contributed by atoms with E-state index in [0.717, 1.165) is 90.1 Å². The van der Waals surface area contributed by atoms with Crippen LogP contribution >= 0.6 is 0 Å². The molecule has 1 aliphatic rings. The largest absolute Gasteiger partial charge is 0.481 e. The van der Waals surface area contributed by atoms with Crippen LogP contribution in [0.25, 0.3) is 12.2 Å². The lowest BCUT2D eigenvalue weighted by Crippen LogP contribution is -2.04. The molecule has 5 heterocycles. The molecule has 0 atom stereocenters. The standard InChI is InChI=1S/C34H40N4O4.Mg.2H/c1-7-21-17(3)25-13-26-19(5)23(9-11-33(39)40)31(37-26)16-32-24(10-12-34(41)42)20(6)28(38-32)15-30-22(8-2)18(4)27(36-30)14-29(21)35-25;;;/h7-8,35-38H,1-2,9-16H2,3-6H3,(H,39,40)(H,41,42);;;. The highest BCUT2D eigenvalue weighted by molar-refractivity contribution is 5.75. The number of aliphatic carboxylic acids is 2. The molecule has 0 amide bonds. The lowest BCUT2D eigenvalue weighted by Gasteiger charge is -2.07. The Kier molecular flexibility index (Phi) is 9.66. The summed E-state index contributed by atoms with van der Waals surface area (Å²) in [4.78, 5) is 37.8. The molecule has 0 spiro atoms. The average molecular weight is 595 g/mol. The monoisotopic (exact) mass is 594 g/mol. The highest BCUT2D eigenvalue weighted by Crippen LogP contribution is 2.33. The second kappa shape index (κ2) is 12.9. The third-order valence-corrected chi connectivity index (χ3v) is 9.11. The van der Waals surface area contributed by atoms with Crippen LogP contribution in [0.3, 0.4) is 0 Å². The van der Waals surface area contributed by atoms with Gasteiger partial charge in [-0.3, -0.25) is 9.59 Å². The third kappa shape index (κ3) is 6.19. The van der Waals surface area contributed by atoms with Gasteiger partial charge in [0.15, 0.2) is 0 Å². The number of carboxylic acid groups (broad SMARTS) is 2. The number of carboxylic acids is 2. The van der Waals surface area contributed by atoms with Crippen LogP contribution in [0.15, 0.2) is 13.2 Å². The van der Waals surface area contributed by atoms with E-state index in [1.165, 1.54) is 0 Å². The van der Waals surface area contributed by atoms with Crippen molar-refractivity contribution in [3.8, 4) is 0 Å². The number of rotatable bonds is 8. The van der Waals surface area contributed by atoms with Crippen molar-refractivity contribution in [2.24, 2.45) is 0 Å². The summed E-state index contributed by atoms with van der Waals surface area (Å²) in [6.07, 6.45) is 7.22. The molecule has 4 aromatic heterocycles. The number of H-pyrrole nitrogens is 4. The van der Waals surface area contributed by atoms with Gasteiger partial charge in [0.1, 0.15) is 0 Å². The van der Waals surface area contributed by atoms with E-state index in [0.29, 0.717) is 38.5 Å². The minimum atomic E-state index is -0.834. The van der Waals surface area contributed by atoms with E-state index >= 15 is 0 Å². The van der Waals surface area contributed by atoms with Crippen molar-refractivity contribution in [3.05, 3.63) is 103 Å². The summed E-state index contributed by atoms with van der Waals surface area (Å²) in [6, 6.07) is 0. The summed E-state index contributed by atoms with van der Waals surface area (Å²) in [7, 11) is 0. The molecular formula is C34H42MgN4O4. The van der Waals surface area contributed by atoms with Crippen LogP contribution in [-0.4, -0.2) is 65.1 Å². The maximum atomic E-state index is 11.6. The van der Waals surface area contributed by atoms with Gasteiger partial charge in [-0.25, -0.2) is 0 Å². The van der Waals surface area contributed by atoms with E-state index in [1.54, 1.807) is 0 Å². The molecule has 0 saturated carbocycles. The number of nitrogens with one attached hydrogen (secondary N) is 4. The zero-order valence-corrected chi connectivity index (χ0v) is 24.9. The number of aromatic amines is 4. The summed E-state index contributed by atoms with van der Waals surface area (Å²) in [5.41, 5.74) is 17.1. The number of fused-ring (bicyclic) bond motifs is 8. The molecule has 9 heteroatoms. The van der Waals surface area contributed by atoms with Crippen LogP contribution in [0, 0.1) is 27.7 Å². The Labute approximate surface area is 268 Å². The number of hydrogen-bond acceptors (Lipinski definition) is 2. The zero-order valence-electron chi connectivity index (χ0n) is 24.9. The molecule has 0 unspecified atom stereocenters. The second-order valence-electron chi connectivity index (χ2n) is 11.5. The predicted molar refractivity (Wildman–Crippen MR) is 174 cm³/mol. The molecule has 5 rings (SSSR count). The molecule has 224 valence electrons. The Hall–Kier alpha value is -3.69. The molecule has 0 aromatic carbocycles. The minimum absolute atomic E-state index is 0. The number of aromatic nitrogens is 4. The van der Waals surface area contributed by atoms with Crippen molar-refractivity contribution in [1.82, 2.24) is 19.9 Å². The molecule has 0 fully saturated rings. The van der Waals surface area contributed by atoms with Crippen molar-refractivity contribution in [1.29, 1.82) is 0 Å². The minimum Gasteiger partial charge on any atom is -0.481 e. The van der Waals surface area contributed by atoms with Crippen LogP contribution < -0.4 is 0 Å². The van der Waals surface area contributed by atoms with Gasteiger partial charge >= 0.3 is 35.0 Å². The van der Waals surface area contributed by atoms with E-state index in [-0.39, 0.29) is 35.9 Å². The Balaban J connectivity index is 0.00000423. The summed E-state index contributed by atoms with van der Waals surface area (Å²) in [6.45, 7) is 16.6. The first-order valence-electron chi connectivity index (χ1n) is 14.5. The summed E-state index contributed by atoms with van der Waals surface area (Å²) >= 11 is 0. The molecule has 1 aliphatic heterocycles. The molecule has 0 radical (unpaired) electrons. The van der Waals surface area contributed by atoms with Gasteiger partial charge in [-0.1, -0.05) is 25.3 Å². The van der Waals surface area contributed by atoms with Gasteiger partial charge in [0.2, 0.25) is 0 Å². The van der Waals surface area contributed by atoms with Gasteiger partial charge < -0.3 is 30.1 Å². The molecule has 43 heavy (non-hydrogen) atoms. The molecule has 4 aromatic rings. The van der Waals surface area contributed by atoms with Crippen LogP contribution in [0.1, 0.15) is 103 Å². The smallest absolute Gasteiger partial charge is 0.316 e. The molecule has 8 bridgehead atoms. The van der Waals surface area contributed by atoms with E-state index in [4.69, 9.17) is 0 Å². The maximum absolute atomic E-state index is 11.6. The summed E-state index contributed by atoms with van der Waals surface area (Å²) < 4.78 is 0. The Morgan fingerprint density at radius 1 is 0.581 bits per heavy atom. The Morgan fingerprint density at radius 3 is 1.23 bits per heavy atom. The van der Waals surface area contributed by atoms with Gasteiger partial charge in [-0.2, -0.15) is 0 Å². The number of carbonyl (C=O) groups is 2. The van der Waals surface area contributed by atoms with Crippen molar-refractivity contribution in [3.63, 3.8) is 0 Å². The zero-order chi connectivity index (χ0) is 30.3. The van der Waals surface area contributed by atoms with E-state index in [1.807, 2.05) is 12.2 Å². The van der Waals surface area contributed by atoms with Crippen LogP contribution in [0.5, 0.6) is 0 Å². The fourth-order valence-corrected chi connectivity index (χ4v) is 6.67. The topological polar surface area (TPSA) is 138 Å². The van der Waals surface area contributed by atoms with Gasteiger partial charge in [-0.05, 0) is 85.0 Å². The fraction of sp³-hybridized carbons (Fsp3) is 0.353. The van der Waals surface area contributed by atoms with E-state index in [2.05, 4.69) is 60.8 Å². The Morgan fingerprint density at radius 2 is 0.884 bits per heavy atom. The lowest BCUT2D eigenvalue weighted by atomic mass is 9.97. The highest BCUT2D eigenvalue weighted by Gasteiger charge is 2.24. The molecule has 6 N–H and O–H groups in total. The lowest BCUT2D eigenvalue weighted by molar-refractivity contribution is -0.138. The highest BCUT2D eigenvalue weighted by atomic mass is 24.3. The first kappa shape index (κ1) is 32.2. The van der Waals surface area contributed by atoms with Gasteiger partial charge in [-0.15, -0.1) is 0 Å². The first-order chi connectivity index (χ1) is 20.0. The van der Waals surface area contributed by atoms with Crippen molar-refractivity contribution in [2.75, 3.05) is 0 Å². The second-order valence-corrected chi connectivity index (χ2v) is 11.5. The quantitative estimate of drug-likeness (QED) is 0.136. The van der Waals surface area contributed by atoms with Crippen LogP contribution in [0.4, 0.5) is 0 Å². The van der Waals surface area contributed by atoms with Gasteiger partial charge in [0.25, 0.3) is 0 Å². The van der Waals surface area contributed by atoms with E-state index in [9.17, 15) is 19.8 Å². The van der Waals surface area contributed by atoms with Crippen molar-refractivity contribution >= 4 is 47.1 Å².